The van der Waals surface area contributed by atoms with Gasteiger partial charge < -0.3 is 15.0 Å². The Hall–Kier alpha value is -3.27. The van der Waals surface area contributed by atoms with Gasteiger partial charge in [0.05, 0.1) is 6.61 Å². The number of aryl methyl sites for hydroxylation is 1. The van der Waals surface area contributed by atoms with Crippen molar-refractivity contribution in [3.63, 3.8) is 0 Å². The van der Waals surface area contributed by atoms with Gasteiger partial charge in [0.25, 0.3) is 0 Å². The first-order valence-electron chi connectivity index (χ1n) is 12.0. The van der Waals surface area contributed by atoms with Crippen LogP contribution in [0.25, 0.3) is 0 Å². The van der Waals surface area contributed by atoms with E-state index in [1.54, 1.807) is 0 Å². The van der Waals surface area contributed by atoms with E-state index >= 15 is 0 Å². The fourth-order valence-corrected chi connectivity index (χ4v) is 3.80. The molecule has 0 saturated carbocycles. The average Bonchev–Trinajstić information content (AvgIpc) is 2.81. The van der Waals surface area contributed by atoms with Gasteiger partial charge in [-0.3, -0.25) is 4.79 Å². The summed E-state index contributed by atoms with van der Waals surface area (Å²) in [5, 5.41) is 2.83. The smallest absolute Gasteiger partial charge is 0.221 e. The van der Waals surface area contributed by atoms with E-state index in [2.05, 4.69) is 60.5 Å². The van der Waals surface area contributed by atoms with E-state index in [0.717, 1.165) is 41.5 Å². The molecular formula is C29H36N2O2. The number of carbonyl (C=O) groups is 1. The van der Waals surface area contributed by atoms with Crippen LogP contribution in [-0.2, 0) is 4.79 Å². The lowest BCUT2D eigenvalue weighted by molar-refractivity contribution is -0.114. The van der Waals surface area contributed by atoms with Crippen molar-refractivity contribution in [2.45, 2.75) is 59.3 Å². The van der Waals surface area contributed by atoms with Crippen molar-refractivity contribution in [1.82, 2.24) is 0 Å². The van der Waals surface area contributed by atoms with Gasteiger partial charge in [-0.25, -0.2) is 0 Å². The molecule has 0 fully saturated rings. The van der Waals surface area contributed by atoms with E-state index in [4.69, 9.17) is 4.74 Å². The number of benzene rings is 3. The predicted octanol–water partition coefficient (Wildman–Crippen LogP) is 8.16. The Morgan fingerprint density at radius 1 is 0.758 bits per heavy atom. The highest BCUT2D eigenvalue weighted by Crippen LogP contribution is 2.36. The second kappa shape index (κ2) is 12.7. The standard InChI is InChI=1S/C29H36N2O2/c1-4-5-6-7-8-9-22-33-29-20-18-28(19-21-29)31(26-14-10-23(2)11-15-26)27-16-12-25(13-17-27)30-24(3)32/h10-21H,4-9,22H2,1-3H3,(H,30,32). The Bertz CT molecular complexity index is 980. The van der Waals surface area contributed by atoms with Crippen molar-refractivity contribution in [3.05, 3.63) is 78.4 Å². The van der Waals surface area contributed by atoms with Crippen LogP contribution in [-0.4, -0.2) is 12.5 Å². The van der Waals surface area contributed by atoms with Crippen LogP contribution in [0.4, 0.5) is 22.7 Å². The molecule has 0 atom stereocenters. The van der Waals surface area contributed by atoms with Crippen LogP contribution in [0.1, 0.15) is 57.9 Å². The summed E-state index contributed by atoms with van der Waals surface area (Å²) >= 11 is 0. The molecule has 0 aliphatic rings. The number of hydrogen-bond donors (Lipinski definition) is 1. The topological polar surface area (TPSA) is 41.6 Å². The molecule has 3 aromatic carbocycles. The second-order valence-corrected chi connectivity index (χ2v) is 8.51. The number of nitrogens with one attached hydrogen (secondary N) is 1. The van der Waals surface area contributed by atoms with Gasteiger partial charge in [0.15, 0.2) is 0 Å². The normalized spacial score (nSPS) is 10.6. The van der Waals surface area contributed by atoms with E-state index in [0.29, 0.717) is 0 Å². The first-order valence-corrected chi connectivity index (χ1v) is 12.0. The summed E-state index contributed by atoms with van der Waals surface area (Å²) in [7, 11) is 0. The SMILES string of the molecule is CCCCCCCCOc1ccc(N(c2ccc(C)cc2)c2ccc(NC(C)=O)cc2)cc1. The molecule has 0 aromatic heterocycles. The summed E-state index contributed by atoms with van der Waals surface area (Å²) in [4.78, 5) is 13.6. The molecule has 0 aliphatic carbocycles. The fraction of sp³-hybridized carbons (Fsp3) is 0.345. The Balaban J connectivity index is 1.71. The first kappa shape index (κ1) is 24.4. The van der Waals surface area contributed by atoms with Crippen LogP contribution in [0.2, 0.25) is 0 Å². The van der Waals surface area contributed by atoms with Crippen LogP contribution in [0, 0.1) is 6.92 Å². The lowest BCUT2D eigenvalue weighted by Gasteiger charge is -2.26. The number of amides is 1. The minimum atomic E-state index is -0.0744. The van der Waals surface area contributed by atoms with Crippen molar-refractivity contribution >= 4 is 28.7 Å². The van der Waals surface area contributed by atoms with Crippen molar-refractivity contribution < 1.29 is 9.53 Å². The predicted molar refractivity (Wildman–Crippen MR) is 139 cm³/mol. The fourth-order valence-electron chi connectivity index (χ4n) is 3.80. The molecular weight excluding hydrogens is 408 g/mol. The zero-order valence-corrected chi connectivity index (χ0v) is 20.1. The number of ether oxygens (including phenoxy) is 1. The minimum absolute atomic E-state index is 0.0744. The molecule has 3 aromatic rings. The van der Waals surface area contributed by atoms with Crippen LogP contribution < -0.4 is 15.0 Å². The third-order valence-electron chi connectivity index (χ3n) is 5.60. The van der Waals surface area contributed by atoms with Crippen molar-refractivity contribution in [2.75, 3.05) is 16.8 Å². The number of unbranched alkanes of at least 4 members (excludes halogenated alkanes) is 5. The lowest BCUT2D eigenvalue weighted by Crippen LogP contribution is -2.10. The van der Waals surface area contributed by atoms with Gasteiger partial charge in [0, 0.05) is 29.7 Å². The number of anilines is 4. The van der Waals surface area contributed by atoms with Crippen LogP contribution in [0.3, 0.4) is 0 Å². The van der Waals surface area contributed by atoms with E-state index in [1.165, 1.54) is 44.6 Å². The quantitative estimate of drug-likeness (QED) is 0.286. The van der Waals surface area contributed by atoms with Gasteiger partial charge in [-0.15, -0.1) is 0 Å². The Kier molecular flexibility index (Phi) is 9.37. The molecule has 0 saturated heterocycles. The lowest BCUT2D eigenvalue weighted by atomic mass is 10.1. The van der Waals surface area contributed by atoms with Crippen molar-refractivity contribution in [3.8, 4) is 5.75 Å². The van der Waals surface area contributed by atoms with Gasteiger partial charge in [0.2, 0.25) is 5.91 Å². The van der Waals surface area contributed by atoms with Gasteiger partial charge >= 0.3 is 0 Å². The molecule has 1 amide bonds. The highest BCUT2D eigenvalue weighted by atomic mass is 16.5. The van der Waals surface area contributed by atoms with Gasteiger partial charge in [-0.05, 0) is 74.0 Å². The van der Waals surface area contributed by atoms with Gasteiger partial charge in [-0.1, -0.05) is 56.7 Å². The number of nitrogens with zero attached hydrogens (tertiary/aromatic N) is 1. The van der Waals surface area contributed by atoms with E-state index in [1.807, 2.05) is 36.4 Å². The Morgan fingerprint density at radius 2 is 1.27 bits per heavy atom. The second-order valence-electron chi connectivity index (χ2n) is 8.51. The van der Waals surface area contributed by atoms with E-state index < -0.39 is 0 Å². The highest BCUT2D eigenvalue weighted by Gasteiger charge is 2.13. The monoisotopic (exact) mass is 444 g/mol. The molecule has 0 bridgehead atoms. The maximum Gasteiger partial charge on any atom is 0.221 e. The maximum atomic E-state index is 11.4. The Labute approximate surface area is 198 Å². The number of carbonyl (C=O) groups excluding carboxylic acids is 1. The molecule has 4 heteroatoms. The molecule has 174 valence electrons. The molecule has 3 rings (SSSR count). The first-order chi connectivity index (χ1) is 16.1. The maximum absolute atomic E-state index is 11.4. The molecule has 0 aliphatic heterocycles. The third-order valence-corrected chi connectivity index (χ3v) is 5.60. The van der Waals surface area contributed by atoms with Crippen LogP contribution in [0.5, 0.6) is 5.75 Å². The Morgan fingerprint density at radius 3 is 1.85 bits per heavy atom. The van der Waals surface area contributed by atoms with Crippen molar-refractivity contribution in [1.29, 1.82) is 0 Å². The molecule has 0 radical (unpaired) electrons. The van der Waals surface area contributed by atoms with Crippen LogP contribution in [0.15, 0.2) is 72.8 Å². The van der Waals surface area contributed by atoms with Gasteiger partial charge in [-0.2, -0.15) is 0 Å². The summed E-state index contributed by atoms with van der Waals surface area (Å²) in [5.41, 5.74) is 5.16. The summed E-state index contributed by atoms with van der Waals surface area (Å²) in [5.74, 6) is 0.826. The van der Waals surface area contributed by atoms with Crippen molar-refractivity contribution in [2.24, 2.45) is 0 Å². The summed E-state index contributed by atoms with van der Waals surface area (Å²) in [6.07, 6.45) is 7.56. The van der Waals surface area contributed by atoms with E-state index in [9.17, 15) is 4.79 Å². The summed E-state index contributed by atoms with van der Waals surface area (Å²) in [6, 6.07) is 24.7. The molecule has 0 unspecified atom stereocenters. The largest absolute Gasteiger partial charge is 0.494 e. The molecule has 0 heterocycles. The molecule has 33 heavy (non-hydrogen) atoms. The third kappa shape index (κ3) is 7.67. The zero-order valence-electron chi connectivity index (χ0n) is 20.1. The molecule has 4 nitrogen and oxygen atoms in total. The highest BCUT2D eigenvalue weighted by molar-refractivity contribution is 5.89. The molecule has 1 N–H and O–H groups in total. The van der Waals surface area contributed by atoms with Gasteiger partial charge in [0.1, 0.15) is 5.75 Å². The summed E-state index contributed by atoms with van der Waals surface area (Å²) < 4.78 is 5.97. The molecule has 0 spiro atoms. The van der Waals surface area contributed by atoms with Crippen LogP contribution >= 0.6 is 0 Å². The number of rotatable bonds is 12. The summed E-state index contributed by atoms with van der Waals surface area (Å²) in [6.45, 7) is 6.61. The minimum Gasteiger partial charge on any atom is -0.494 e. The zero-order chi connectivity index (χ0) is 23.5. The average molecular weight is 445 g/mol. The van der Waals surface area contributed by atoms with E-state index in [-0.39, 0.29) is 5.91 Å². The number of hydrogen-bond acceptors (Lipinski definition) is 3.